The first-order valence-electron chi connectivity index (χ1n) is 6.17. The molecule has 0 fully saturated rings. The number of carbonyl (C=O) groups is 1. The van der Waals surface area contributed by atoms with Crippen molar-refractivity contribution in [1.82, 2.24) is 4.90 Å². The fourth-order valence-corrected chi connectivity index (χ4v) is 1.93. The van der Waals surface area contributed by atoms with E-state index in [1.165, 1.54) is 6.07 Å². The Balaban J connectivity index is 1.97. The Morgan fingerprint density at radius 3 is 2.37 bits per heavy atom. The molecule has 0 saturated heterocycles. The van der Waals surface area contributed by atoms with Crippen molar-refractivity contribution in [3.63, 3.8) is 0 Å². The highest BCUT2D eigenvalue weighted by Gasteiger charge is 2.10. The molecule has 2 nitrogen and oxygen atoms in total. The highest BCUT2D eigenvalue weighted by Crippen LogP contribution is 2.09. The Hall–Kier alpha value is -2.00. The summed E-state index contributed by atoms with van der Waals surface area (Å²) in [5.74, 6) is -0.194. The van der Waals surface area contributed by atoms with Crippen LogP contribution in [0.4, 0.5) is 4.39 Å². The molecule has 0 atom stereocenters. The van der Waals surface area contributed by atoms with E-state index in [0.29, 0.717) is 17.7 Å². The number of hydrogen-bond acceptors (Lipinski definition) is 2. The van der Waals surface area contributed by atoms with Crippen molar-refractivity contribution in [2.75, 3.05) is 13.6 Å². The molecule has 19 heavy (non-hydrogen) atoms. The van der Waals surface area contributed by atoms with Gasteiger partial charge < -0.3 is 0 Å². The van der Waals surface area contributed by atoms with Crippen LogP contribution in [0.15, 0.2) is 54.6 Å². The summed E-state index contributed by atoms with van der Waals surface area (Å²) in [6.45, 7) is 0.698. The topological polar surface area (TPSA) is 20.3 Å². The van der Waals surface area contributed by atoms with Gasteiger partial charge in [-0.1, -0.05) is 48.5 Å². The molecule has 0 aromatic heterocycles. The van der Waals surface area contributed by atoms with Gasteiger partial charge in [-0.05, 0) is 13.1 Å². The third-order valence-electron chi connectivity index (χ3n) is 2.91. The molecule has 0 bridgehead atoms. The van der Waals surface area contributed by atoms with Crippen LogP contribution in [0.25, 0.3) is 0 Å². The van der Waals surface area contributed by atoms with Crippen LogP contribution in [0, 0.1) is 5.82 Å². The Labute approximate surface area is 112 Å². The summed E-state index contributed by atoms with van der Waals surface area (Å²) < 4.78 is 13.5. The summed E-state index contributed by atoms with van der Waals surface area (Å²) in [5, 5.41) is 0. The molecular formula is C16H16FNO. The van der Waals surface area contributed by atoms with Gasteiger partial charge in [-0.15, -0.1) is 0 Å². The summed E-state index contributed by atoms with van der Waals surface area (Å²) in [7, 11) is 1.81. The van der Waals surface area contributed by atoms with Crippen LogP contribution in [0.1, 0.15) is 15.9 Å². The van der Waals surface area contributed by atoms with Gasteiger partial charge >= 0.3 is 0 Å². The van der Waals surface area contributed by atoms with Crippen molar-refractivity contribution in [2.45, 2.75) is 6.54 Å². The molecule has 2 rings (SSSR count). The Morgan fingerprint density at radius 1 is 1.05 bits per heavy atom. The lowest BCUT2D eigenvalue weighted by Gasteiger charge is -2.16. The monoisotopic (exact) mass is 257 g/mol. The van der Waals surface area contributed by atoms with Crippen LogP contribution in [0.2, 0.25) is 0 Å². The van der Waals surface area contributed by atoms with Crippen LogP contribution in [-0.2, 0) is 6.54 Å². The number of carbonyl (C=O) groups excluding carboxylic acids is 1. The number of hydrogen-bond donors (Lipinski definition) is 0. The minimum absolute atomic E-state index is 0.0411. The van der Waals surface area contributed by atoms with Gasteiger partial charge in [-0.25, -0.2) is 4.39 Å². The fraction of sp³-hybridized carbons (Fsp3) is 0.188. The molecule has 0 aliphatic carbocycles. The molecule has 0 saturated carbocycles. The SMILES string of the molecule is CN(CC(=O)c1ccccc1)Cc1ccccc1F. The van der Waals surface area contributed by atoms with E-state index in [2.05, 4.69) is 0 Å². The number of ketones is 1. The van der Waals surface area contributed by atoms with E-state index >= 15 is 0 Å². The number of nitrogens with zero attached hydrogens (tertiary/aromatic N) is 1. The first kappa shape index (κ1) is 13.4. The normalized spacial score (nSPS) is 10.7. The Morgan fingerprint density at radius 2 is 1.68 bits per heavy atom. The quantitative estimate of drug-likeness (QED) is 0.767. The second-order valence-electron chi connectivity index (χ2n) is 4.55. The zero-order chi connectivity index (χ0) is 13.7. The van der Waals surface area contributed by atoms with Gasteiger partial charge in [0.1, 0.15) is 5.82 Å². The first-order chi connectivity index (χ1) is 9.16. The van der Waals surface area contributed by atoms with Gasteiger partial charge in [-0.2, -0.15) is 0 Å². The van der Waals surface area contributed by atoms with Gasteiger partial charge in [0, 0.05) is 17.7 Å². The number of rotatable bonds is 5. The second-order valence-corrected chi connectivity index (χ2v) is 4.55. The molecule has 0 spiro atoms. The predicted octanol–water partition coefficient (Wildman–Crippen LogP) is 3.14. The standard InChI is InChI=1S/C16H16FNO/c1-18(11-14-9-5-6-10-15(14)17)12-16(19)13-7-3-2-4-8-13/h2-10H,11-12H2,1H3. The van der Waals surface area contributed by atoms with Crippen LogP contribution in [0.5, 0.6) is 0 Å². The maximum Gasteiger partial charge on any atom is 0.176 e. The average Bonchev–Trinajstić information content (AvgIpc) is 2.42. The Bertz CT molecular complexity index is 554. The van der Waals surface area contributed by atoms with Crippen LogP contribution < -0.4 is 0 Å². The molecule has 0 aliphatic heterocycles. The van der Waals surface area contributed by atoms with E-state index < -0.39 is 0 Å². The van der Waals surface area contributed by atoms with Crippen LogP contribution in [-0.4, -0.2) is 24.3 Å². The molecule has 0 radical (unpaired) electrons. The van der Waals surface area contributed by atoms with Crippen molar-refractivity contribution in [2.24, 2.45) is 0 Å². The molecule has 0 aliphatic rings. The third kappa shape index (κ3) is 3.73. The van der Waals surface area contributed by atoms with Gasteiger partial charge in [0.2, 0.25) is 0 Å². The highest BCUT2D eigenvalue weighted by molar-refractivity contribution is 5.97. The van der Waals surface area contributed by atoms with E-state index in [-0.39, 0.29) is 18.1 Å². The molecule has 3 heteroatoms. The summed E-state index contributed by atoms with van der Waals surface area (Å²) in [6.07, 6.45) is 0. The lowest BCUT2D eigenvalue weighted by atomic mass is 10.1. The summed E-state index contributed by atoms with van der Waals surface area (Å²) in [4.78, 5) is 13.8. The zero-order valence-electron chi connectivity index (χ0n) is 10.8. The second kappa shape index (κ2) is 6.25. The summed E-state index contributed by atoms with van der Waals surface area (Å²) >= 11 is 0. The molecule has 98 valence electrons. The summed E-state index contributed by atoms with van der Waals surface area (Å²) in [5.41, 5.74) is 1.29. The van der Waals surface area contributed by atoms with Crippen LogP contribution >= 0.6 is 0 Å². The molecule has 0 amide bonds. The molecule has 0 N–H and O–H groups in total. The number of likely N-dealkylation sites (N-methyl/N-ethyl adjacent to an activating group) is 1. The van der Waals surface area contributed by atoms with E-state index in [9.17, 15) is 9.18 Å². The third-order valence-corrected chi connectivity index (χ3v) is 2.91. The molecule has 2 aromatic rings. The molecule has 0 unspecified atom stereocenters. The average molecular weight is 257 g/mol. The summed E-state index contributed by atoms with van der Waals surface area (Å²) in [6, 6.07) is 15.8. The van der Waals surface area contributed by atoms with E-state index in [1.54, 1.807) is 30.3 Å². The minimum Gasteiger partial charge on any atom is -0.294 e. The van der Waals surface area contributed by atoms with Crippen molar-refractivity contribution in [3.05, 3.63) is 71.5 Å². The fourth-order valence-electron chi connectivity index (χ4n) is 1.93. The minimum atomic E-state index is -0.235. The maximum atomic E-state index is 13.5. The van der Waals surface area contributed by atoms with Crippen molar-refractivity contribution in [3.8, 4) is 0 Å². The van der Waals surface area contributed by atoms with E-state index in [1.807, 2.05) is 30.1 Å². The van der Waals surface area contributed by atoms with Crippen molar-refractivity contribution in [1.29, 1.82) is 0 Å². The lowest BCUT2D eigenvalue weighted by Crippen LogP contribution is -2.26. The van der Waals surface area contributed by atoms with Gasteiger partial charge in [0.15, 0.2) is 5.78 Å². The Kier molecular flexibility index (Phi) is 4.42. The predicted molar refractivity (Wildman–Crippen MR) is 73.5 cm³/mol. The highest BCUT2D eigenvalue weighted by atomic mass is 19.1. The van der Waals surface area contributed by atoms with Crippen molar-refractivity contribution < 1.29 is 9.18 Å². The number of Topliss-reactive ketones (excluding diaryl/α,β-unsaturated/α-hetero) is 1. The van der Waals surface area contributed by atoms with Gasteiger partial charge in [0.05, 0.1) is 6.54 Å². The zero-order valence-corrected chi connectivity index (χ0v) is 10.8. The largest absolute Gasteiger partial charge is 0.294 e. The lowest BCUT2D eigenvalue weighted by molar-refractivity contribution is 0.0942. The van der Waals surface area contributed by atoms with E-state index in [0.717, 1.165) is 0 Å². The molecule has 0 heterocycles. The number of halogens is 1. The molecular weight excluding hydrogens is 241 g/mol. The smallest absolute Gasteiger partial charge is 0.176 e. The molecule has 2 aromatic carbocycles. The van der Waals surface area contributed by atoms with Crippen LogP contribution in [0.3, 0.4) is 0 Å². The van der Waals surface area contributed by atoms with E-state index in [4.69, 9.17) is 0 Å². The number of benzene rings is 2. The van der Waals surface area contributed by atoms with Gasteiger partial charge in [-0.3, -0.25) is 9.69 Å². The van der Waals surface area contributed by atoms with Gasteiger partial charge in [0.25, 0.3) is 0 Å². The van der Waals surface area contributed by atoms with Crippen molar-refractivity contribution >= 4 is 5.78 Å². The first-order valence-corrected chi connectivity index (χ1v) is 6.17. The maximum absolute atomic E-state index is 13.5.